The Morgan fingerprint density at radius 1 is 1.13 bits per heavy atom. The van der Waals surface area contributed by atoms with Gasteiger partial charge in [-0.15, -0.1) is 0 Å². The van der Waals surface area contributed by atoms with Crippen LogP contribution in [0, 0.1) is 0 Å². The lowest BCUT2D eigenvalue weighted by molar-refractivity contribution is -0.141. The van der Waals surface area contributed by atoms with Gasteiger partial charge in [0.25, 0.3) is 5.91 Å². The quantitative estimate of drug-likeness (QED) is 0.415. The van der Waals surface area contributed by atoms with E-state index in [0.29, 0.717) is 36.6 Å². The molecular formula is C29H32N2O7. The first-order chi connectivity index (χ1) is 18.4. The molecule has 1 heterocycles. The first kappa shape index (κ1) is 27.3. The summed E-state index contributed by atoms with van der Waals surface area (Å²) in [4.78, 5) is 29.0. The Kier molecular flexibility index (Phi) is 8.73. The van der Waals surface area contributed by atoms with Crippen molar-refractivity contribution < 1.29 is 34.0 Å². The van der Waals surface area contributed by atoms with Gasteiger partial charge in [-0.3, -0.25) is 4.79 Å². The van der Waals surface area contributed by atoms with Crippen LogP contribution in [0.4, 0.5) is 5.69 Å². The average molecular weight is 521 g/mol. The Balaban J connectivity index is 1.49. The summed E-state index contributed by atoms with van der Waals surface area (Å²) in [5, 5.41) is 22.8. The summed E-state index contributed by atoms with van der Waals surface area (Å²) < 4.78 is 17.0. The highest BCUT2D eigenvalue weighted by Gasteiger charge is 2.32. The van der Waals surface area contributed by atoms with Gasteiger partial charge in [-0.2, -0.15) is 0 Å². The number of aliphatic carboxylic acids is 1. The summed E-state index contributed by atoms with van der Waals surface area (Å²) in [6, 6.07) is 13.1. The molecule has 0 spiro atoms. The second-order valence-corrected chi connectivity index (χ2v) is 9.07. The number of benzene rings is 2. The summed E-state index contributed by atoms with van der Waals surface area (Å²) in [6.45, 7) is 3.08. The number of aliphatic hydroxyl groups is 1. The standard InChI is InChI=1S/C29H32N2O7/c1-4-38-16-18-14-23(36-2)25(24(15-18)37-3)19-11-9-17(10-12-19)13-22(29(34)35)31-28(33)26-27(32)20-7-5-6-8-21(20)30-26/h5-12,14,22,24,27,32H,4,13,15-16H2,1-3H3,(H,31,33)(H,34,35)/t22-,24?,27?/m0/s1. The van der Waals surface area contributed by atoms with Crippen molar-refractivity contribution in [3.63, 3.8) is 0 Å². The second-order valence-electron chi connectivity index (χ2n) is 9.07. The maximum absolute atomic E-state index is 12.8. The van der Waals surface area contributed by atoms with Crippen molar-refractivity contribution >= 4 is 28.8 Å². The Labute approximate surface area is 221 Å². The van der Waals surface area contributed by atoms with Crippen molar-refractivity contribution in [1.29, 1.82) is 0 Å². The molecule has 2 aliphatic rings. The van der Waals surface area contributed by atoms with Crippen LogP contribution in [-0.2, 0) is 30.2 Å². The van der Waals surface area contributed by atoms with Crippen LogP contribution >= 0.6 is 0 Å². The lowest BCUT2D eigenvalue weighted by Gasteiger charge is -2.27. The molecule has 0 saturated carbocycles. The maximum Gasteiger partial charge on any atom is 0.326 e. The number of hydrogen-bond donors (Lipinski definition) is 3. The van der Waals surface area contributed by atoms with Crippen molar-refractivity contribution in [2.24, 2.45) is 4.99 Å². The molecule has 2 aromatic rings. The van der Waals surface area contributed by atoms with Gasteiger partial charge in [-0.25, -0.2) is 9.79 Å². The van der Waals surface area contributed by atoms with Gasteiger partial charge in [0, 0.05) is 37.7 Å². The molecule has 200 valence electrons. The van der Waals surface area contributed by atoms with Crippen molar-refractivity contribution in [2.75, 3.05) is 27.4 Å². The highest BCUT2D eigenvalue weighted by Crippen LogP contribution is 2.35. The van der Waals surface area contributed by atoms with Gasteiger partial charge in [0.05, 0.1) is 25.5 Å². The molecule has 2 unspecified atom stereocenters. The van der Waals surface area contributed by atoms with Gasteiger partial charge in [0.1, 0.15) is 23.6 Å². The SMILES string of the molecule is CCOCC1=CC(OC)=C(c2ccc(C[C@H](NC(=O)C3=Nc4ccccc4C3O)C(=O)O)cc2)C(OC)C1. The van der Waals surface area contributed by atoms with Gasteiger partial charge in [0.2, 0.25) is 0 Å². The van der Waals surface area contributed by atoms with Crippen LogP contribution in [0.5, 0.6) is 0 Å². The number of hydrogen-bond acceptors (Lipinski definition) is 7. The minimum absolute atomic E-state index is 0.0555. The van der Waals surface area contributed by atoms with E-state index in [9.17, 15) is 19.8 Å². The van der Waals surface area contributed by atoms with Crippen LogP contribution < -0.4 is 5.32 Å². The number of ether oxygens (including phenoxy) is 3. The number of carboxylic acid groups (broad SMARTS) is 1. The lowest BCUT2D eigenvalue weighted by Crippen LogP contribution is -2.46. The van der Waals surface area contributed by atoms with Gasteiger partial charge in [-0.1, -0.05) is 42.5 Å². The Morgan fingerprint density at radius 3 is 2.50 bits per heavy atom. The molecule has 1 aliphatic heterocycles. The number of carboxylic acids is 1. The highest BCUT2D eigenvalue weighted by molar-refractivity contribution is 6.42. The fourth-order valence-corrected chi connectivity index (χ4v) is 4.67. The van der Waals surface area contributed by atoms with E-state index in [4.69, 9.17) is 14.2 Å². The monoisotopic (exact) mass is 520 g/mol. The minimum atomic E-state index is -1.20. The third kappa shape index (κ3) is 5.85. The van der Waals surface area contributed by atoms with Crippen LogP contribution in [-0.4, -0.2) is 67.4 Å². The Bertz CT molecular complexity index is 1280. The average Bonchev–Trinajstić information content (AvgIpc) is 3.27. The molecule has 0 saturated heterocycles. The molecule has 0 aromatic heterocycles. The van der Waals surface area contributed by atoms with E-state index < -0.39 is 24.0 Å². The molecule has 38 heavy (non-hydrogen) atoms. The van der Waals surface area contributed by atoms with Crippen molar-refractivity contribution in [1.82, 2.24) is 5.32 Å². The smallest absolute Gasteiger partial charge is 0.326 e. The number of aliphatic imine (C=N–C) groups is 1. The number of aliphatic hydroxyl groups excluding tert-OH is 1. The number of nitrogens with one attached hydrogen (secondary N) is 1. The third-order valence-electron chi connectivity index (χ3n) is 6.64. The summed E-state index contributed by atoms with van der Waals surface area (Å²) in [7, 11) is 3.26. The highest BCUT2D eigenvalue weighted by atomic mass is 16.5. The molecule has 4 rings (SSSR count). The molecule has 3 atom stereocenters. The third-order valence-corrected chi connectivity index (χ3v) is 6.64. The molecule has 1 amide bonds. The number of nitrogens with zero attached hydrogens (tertiary/aromatic N) is 1. The van der Waals surface area contributed by atoms with E-state index >= 15 is 0 Å². The zero-order chi connectivity index (χ0) is 27.2. The predicted molar refractivity (Wildman–Crippen MR) is 142 cm³/mol. The molecule has 9 nitrogen and oxygen atoms in total. The van der Waals surface area contributed by atoms with E-state index in [-0.39, 0.29) is 18.2 Å². The predicted octanol–water partition coefficient (Wildman–Crippen LogP) is 3.36. The number of allylic oxidation sites excluding steroid dienone is 1. The van der Waals surface area contributed by atoms with Crippen LogP contribution in [0.25, 0.3) is 5.57 Å². The minimum Gasteiger partial charge on any atom is -0.496 e. The zero-order valence-corrected chi connectivity index (χ0v) is 21.6. The number of fused-ring (bicyclic) bond motifs is 1. The number of methoxy groups -OCH3 is 2. The number of rotatable bonds is 11. The topological polar surface area (TPSA) is 127 Å². The molecule has 9 heteroatoms. The fraction of sp³-hybridized carbons (Fsp3) is 0.345. The Hall–Kier alpha value is -3.79. The summed E-state index contributed by atoms with van der Waals surface area (Å²) >= 11 is 0. The number of amides is 1. The van der Waals surface area contributed by atoms with Gasteiger partial charge < -0.3 is 29.7 Å². The van der Waals surface area contributed by atoms with Crippen LogP contribution in [0.2, 0.25) is 0 Å². The number of carbonyl (C=O) groups excluding carboxylic acids is 1. The first-order valence-corrected chi connectivity index (χ1v) is 12.4. The van der Waals surface area contributed by atoms with E-state index in [1.807, 2.05) is 37.3 Å². The maximum atomic E-state index is 12.8. The molecular weight excluding hydrogens is 488 g/mol. The lowest BCUT2D eigenvalue weighted by atomic mass is 9.88. The molecule has 0 radical (unpaired) electrons. The van der Waals surface area contributed by atoms with Gasteiger partial charge in [-0.05, 0) is 35.8 Å². The zero-order valence-electron chi connectivity index (χ0n) is 21.6. The largest absolute Gasteiger partial charge is 0.496 e. The van der Waals surface area contributed by atoms with E-state index in [2.05, 4.69) is 10.3 Å². The van der Waals surface area contributed by atoms with Gasteiger partial charge in [0.15, 0.2) is 0 Å². The van der Waals surface area contributed by atoms with Crippen LogP contribution in [0.3, 0.4) is 0 Å². The molecule has 3 N–H and O–H groups in total. The molecule has 2 aromatic carbocycles. The second kappa shape index (κ2) is 12.2. The van der Waals surface area contributed by atoms with Crippen molar-refractivity contribution in [2.45, 2.75) is 38.0 Å². The summed E-state index contributed by atoms with van der Waals surface area (Å²) in [6.07, 6.45) is 1.29. The number of para-hydroxylation sites is 1. The fourth-order valence-electron chi connectivity index (χ4n) is 4.67. The van der Waals surface area contributed by atoms with Crippen molar-refractivity contribution in [3.05, 3.63) is 82.6 Å². The number of carbonyl (C=O) groups is 2. The summed E-state index contributed by atoms with van der Waals surface area (Å²) in [5.74, 6) is -1.21. The van der Waals surface area contributed by atoms with E-state index in [1.54, 1.807) is 38.5 Å². The van der Waals surface area contributed by atoms with Crippen LogP contribution in [0.15, 0.2) is 70.9 Å². The van der Waals surface area contributed by atoms with Crippen molar-refractivity contribution in [3.8, 4) is 0 Å². The Morgan fingerprint density at radius 2 is 1.87 bits per heavy atom. The molecule has 0 fully saturated rings. The normalized spacial score (nSPS) is 19.4. The molecule has 1 aliphatic carbocycles. The van der Waals surface area contributed by atoms with Crippen LogP contribution in [0.1, 0.15) is 36.1 Å². The molecule has 0 bridgehead atoms. The summed E-state index contributed by atoms with van der Waals surface area (Å²) in [5.41, 5.74) is 4.48. The van der Waals surface area contributed by atoms with Gasteiger partial charge >= 0.3 is 5.97 Å². The first-order valence-electron chi connectivity index (χ1n) is 12.4. The van der Waals surface area contributed by atoms with E-state index in [1.165, 1.54) is 0 Å². The van der Waals surface area contributed by atoms with E-state index in [0.717, 1.165) is 22.3 Å².